The fourth-order valence-electron chi connectivity index (χ4n) is 13.5. The molecular weight excluding hydrogens is 948 g/mol. The second kappa shape index (κ2) is 16.6. The minimum absolute atomic E-state index is 0.0333. The molecule has 0 bridgehead atoms. The van der Waals surface area contributed by atoms with Gasteiger partial charge in [-0.2, -0.15) is 0 Å². The van der Waals surface area contributed by atoms with Gasteiger partial charge in [-0.05, 0) is 126 Å². The molecule has 4 nitrogen and oxygen atoms in total. The monoisotopic (exact) mass is 1010 g/mol. The van der Waals surface area contributed by atoms with Crippen molar-refractivity contribution in [3.05, 3.63) is 235 Å². The first-order valence-corrected chi connectivity index (χ1v) is 27.6. The van der Waals surface area contributed by atoms with Crippen LogP contribution >= 0.6 is 0 Å². The normalized spacial score (nSPS) is 14.2. The van der Waals surface area contributed by atoms with Crippen molar-refractivity contribution in [2.24, 2.45) is 0 Å². The Bertz CT molecular complexity index is 4420. The van der Waals surface area contributed by atoms with Crippen molar-refractivity contribution in [1.29, 1.82) is 0 Å². The van der Waals surface area contributed by atoms with Gasteiger partial charge in [0.05, 0.1) is 5.69 Å². The molecule has 0 saturated carbocycles. The molecule has 0 amide bonds. The van der Waals surface area contributed by atoms with Gasteiger partial charge in [-0.3, -0.25) is 0 Å². The number of fused-ring (bicyclic) bond motifs is 12. The van der Waals surface area contributed by atoms with Gasteiger partial charge in [0, 0.05) is 72.6 Å². The Balaban J connectivity index is 1.15. The summed E-state index contributed by atoms with van der Waals surface area (Å²) in [6.45, 7) is 18.4. The number of benzene rings is 10. The quantitative estimate of drug-likeness (QED) is 0.161. The number of furan rings is 2. The molecule has 0 fully saturated rings. The predicted molar refractivity (Wildman–Crippen MR) is 328 cm³/mol. The zero-order valence-corrected chi connectivity index (χ0v) is 45.5. The first-order valence-electron chi connectivity index (χ1n) is 27.6. The molecule has 0 unspecified atom stereocenters. The third-order valence-corrected chi connectivity index (χ3v) is 17.3. The van der Waals surface area contributed by atoms with E-state index in [4.69, 9.17) is 8.83 Å². The van der Waals surface area contributed by atoms with Gasteiger partial charge < -0.3 is 18.5 Å². The van der Waals surface area contributed by atoms with Crippen molar-refractivity contribution < 1.29 is 8.83 Å². The fraction of sp³-hybridized carbons (Fsp3) is 0.151. The number of hydrogen-bond acceptors (Lipinski definition) is 4. The van der Waals surface area contributed by atoms with Crippen molar-refractivity contribution in [3.63, 3.8) is 0 Å². The number of nitrogens with zero attached hydrogens (tertiary/aromatic N) is 2. The van der Waals surface area contributed by atoms with Gasteiger partial charge in [-0.25, -0.2) is 0 Å². The van der Waals surface area contributed by atoms with Crippen molar-refractivity contribution >= 4 is 79.1 Å². The summed E-state index contributed by atoms with van der Waals surface area (Å²) in [5.74, 6) is 0.858. The van der Waals surface area contributed by atoms with Crippen LogP contribution in [0.4, 0.5) is 28.4 Å². The summed E-state index contributed by atoms with van der Waals surface area (Å²) in [6.07, 6.45) is 0. The lowest BCUT2D eigenvalue weighted by molar-refractivity contribution is 0.590. The molecule has 0 atom stereocenters. The molecule has 2 aromatic heterocycles. The molecule has 10 aromatic carbocycles. The molecule has 0 N–H and O–H groups in total. The first kappa shape index (κ1) is 46.5. The van der Waals surface area contributed by atoms with Crippen molar-refractivity contribution in [3.8, 4) is 55.8 Å². The Kier molecular flexibility index (Phi) is 9.90. The fourth-order valence-corrected chi connectivity index (χ4v) is 13.5. The molecule has 5 heteroatoms. The maximum Gasteiger partial charge on any atom is 0.333 e. The van der Waals surface area contributed by atoms with Gasteiger partial charge in [0.1, 0.15) is 22.5 Å². The first-order chi connectivity index (χ1) is 37.7. The van der Waals surface area contributed by atoms with Gasteiger partial charge in [-0.15, -0.1) is 0 Å². The lowest BCUT2D eigenvalue weighted by atomic mass is 9.42. The van der Waals surface area contributed by atoms with E-state index in [1.165, 1.54) is 66.8 Å². The highest BCUT2D eigenvalue weighted by Gasteiger charge is 2.51. The van der Waals surface area contributed by atoms with E-state index in [2.05, 4.69) is 277 Å². The van der Waals surface area contributed by atoms with E-state index >= 15 is 0 Å². The average Bonchev–Trinajstić information content (AvgIpc) is 4.13. The number of rotatable bonds is 5. The number of hydrogen-bond donors (Lipinski definition) is 0. The van der Waals surface area contributed by atoms with Crippen LogP contribution in [0.2, 0.25) is 0 Å². The number of anilines is 5. The molecule has 0 radical (unpaired) electrons. The second-order valence-corrected chi connectivity index (χ2v) is 24.4. The van der Waals surface area contributed by atoms with Crippen LogP contribution in [0.15, 0.2) is 221 Å². The number of para-hydroxylation sites is 1. The summed E-state index contributed by atoms with van der Waals surface area (Å²) in [5, 5.41) is 3.29. The highest BCUT2D eigenvalue weighted by molar-refractivity contribution is 6.94. The maximum atomic E-state index is 7.37. The van der Waals surface area contributed by atoms with E-state index in [9.17, 15) is 0 Å². The van der Waals surface area contributed by atoms with Gasteiger partial charge in [0.2, 0.25) is 0 Å². The van der Waals surface area contributed by atoms with Crippen LogP contribution in [0.25, 0.3) is 88.7 Å². The largest absolute Gasteiger partial charge is 0.456 e. The van der Waals surface area contributed by atoms with Crippen molar-refractivity contribution in [2.75, 3.05) is 9.71 Å². The standard InChI is InChI=1S/C73H59BN2O2/c1-71(2,3)47-32-35-49(36-33-47)76-60-43-65-53(51-29-19-21-31-63(51)77-65)39-55(60)67-68-54(50-28-18-20-30-57(50)73(68,7)8)40-62-69(67)74(76)58-42-64-56(66(45-24-14-10-15-25-45)70(78-64)46-26-16-11-17-27-46)41-61(58)75(62)59-37-34-48(72(4,5)6)38-52(59)44-22-12-9-13-23-44/h9-43H,1-8H3. The Morgan fingerprint density at radius 3 is 1.76 bits per heavy atom. The third-order valence-electron chi connectivity index (χ3n) is 17.3. The van der Waals surface area contributed by atoms with Gasteiger partial charge >= 0.3 is 6.85 Å². The van der Waals surface area contributed by atoms with Gasteiger partial charge in [-0.1, -0.05) is 207 Å². The van der Waals surface area contributed by atoms with E-state index in [1.807, 2.05) is 0 Å². The Hall–Kier alpha value is -8.80. The molecule has 4 heterocycles. The van der Waals surface area contributed by atoms with Gasteiger partial charge in [0.15, 0.2) is 0 Å². The maximum absolute atomic E-state index is 7.37. The minimum atomic E-state index is -0.336. The molecule has 3 aliphatic rings. The summed E-state index contributed by atoms with van der Waals surface area (Å²) < 4.78 is 14.3. The molecular formula is C73H59BN2O2. The Morgan fingerprint density at radius 2 is 1.04 bits per heavy atom. The summed E-state index contributed by atoms with van der Waals surface area (Å²) in [7, 11) is 0. The topological polar surface area (TPSA) is 32.8 Å². The molecule has 0 saturated heterocycles. The molecule has 376 valence electrons. The van der Waals surface area contributed by atoms with Gasteiger partial charge in [0.25, 0.3) is 0 Å². The predicted octanol–water partition coefficient (Wildman–Crippen LogP) is 18.9. The summed E-state index contributed by atoms with van der Waals surface area (Å²) in [5.41, 5.74) is 26.1. The Morgan fingerprint density at radius 1 is 0.410 bits per heavy atom. The SMILES string of the molecule is CC(C)(C)c1ccc(N2B3c4cc5oc(-c6ccccc6)c(-c6ccccc6)c5cc4N(c4ccc(C(C)(C)C)cc4-c4ccccc4)c4cc5c(c(c43)-c3cc4c(cc32)oc2ccccc24)C(C)(C)c2ccccc2-5)cc1. The highest BCUT2D eigenvalue weighted by atomic mass is 16.3. The summed E-state index contributed by atoms with van der Waals surface area (Å²) >= 11 is 0. The smallest absolute Gasteiger partial charge is 0.333 e. The van der Waals surface area contributed by atoms with Crippen LogP contribution in [0.1, 0.15) is 77.6 Å². The second-order valence-electron chi connectivity index (χ2n) is 24.4. The molecule has 0 spiro atoms. The van der Waals surface area contributed by atoms with Crippen LogP contribution in [0, 0.1) is 0 Å². The van der Waals surface area contributed by atoms with E-state index in [0.29, 0.717) is 0 Å². The molecule has 2 aliphatic heterocycles. The van der Waals surface area contributed by atoms with E-state index in [0.717, 1.165) is 83.6 Å². The van der Waals surface area contributed by atoms with Crippen LogP contribution in [-0.2, 0) is 16.2 Å². The van der Waals surface area contributed by atoms with Crippen LogP contribution < -0.4 is 20.6 Å². The van der Waals surface area contributed by atoms with Crippen molar-refractivity contribution in [2.45, 2.75) is 71.6 Å². The van der Waals surface area contributed by atoms with E-state index in [-0.39, 0.29) is 23.1 Å². The van der Waals surface area contributed by atoms with Crippen LogP contribution in [0.3, 0.4) is 0 Å². The Labute approximate surface area is 457 Å². The zero-order chi connectivity index (χ0) is 53.0. The molecule has 15 rings (SSSR count). The highest BCUT2D eigenvalue weighted by Crippen LogP contribution is 2.59. The minimum Gasteiger partial charge on any atom is -0.456 e. The third kappa shape index (κ3) is 6.80. The van der Waals surface area contributed by atoms with Crippen LogP contribution in [-0.4, -0.2) is 6.85 Å². The lowest BCUT2D eigenvalue weighted by Gasteiger charge is -2.47. The zero-order valence-electron chi connectivity index (χ0n) is 45.5. The van der Waals surface area contributed by atoms with Crippen LogP contribution in [0.5, 0.6) is 0 Å². The van der Waals surface area contributed by atoms with Crippen molar-refractivity contribution in [1.82, 2.24) is 0 Å². The molecule has 78 heavy (non-hydrogen) atoms. The average molecular weight is 1010 g/mol. The van der Waals surface area contributed by atoms with E-state index < -0.39 is 0 Å². The summed E-state index contributed by atoms with van der Waals surface area (Å²) in [4.78, 5) is 5.26. The molecule has 12 aromatic rings. The molecule has 1 aliphatic carbocycles. The lowest BCUT2D eigenvalue weighted by Crippen LogP contribution is -2.62. The summed E-state index contributed by atoms with van der Waals surface area (Å²) in [6, 6.07) is 78.9. The van der Waals surface area contributed by atoms with E-state index in [1.54, 1.807) is 0 Å².